The van der Waals surface area contributed by atoms with Crippen LogP contribution in [-0.4, -0.2) is 51.3 Å². The van der Waals surface area contributed by atoms with Crippen LogP contribution in [0.25, 0.3) is 0 Å². The Balaban J connectivity index is 2.47. The van der Waals surface area contributed by atoms with E-state index in [9.17, 15) is 0 Å². The SMILES string of the molecule is CCC(CC)(CNC)CN1CCOCC1. The van der Waals surface area contributed by atoms with Gasteiger partial charge in [0.05, 0.1) is 13.2 Å². The van der Waals surface area contributed by atoms with Gasteiger partial charge in [0, 0.05) is 26.2 Å². The molecule has 1 saturated heterocycles. The highest BCUT2D eigenvalue weighted by atomic mass is 16.5. The van der Waals surface area contributed by atoms with Crippen LogP contribution in [0, 0.1) is 5.41 Å². The van der Waals surface area contributed by atoms with Gasteiger partial charge in [-0.2, -0.15) is 0 Å². The summed E-state index contributed by atoms with van der Waals surface area (Å²) in [5.74, 6) is 0. The molecule has 90 valence electrons. The molecule has 0 aromatic rings. The van der Waals surface area contributed by atoms with Crippen LogP contribution >= 0.6 is 0 Å². The van der Waals surface area contributed by atoms with Gasteiger partial charge in [-0.1, -0.05) is 13.8 Å². The standard InChI is InChI=1S/C12H26N2O/c1-4-12(5-2,10-13-3)11-14-6-8-15-9-7-14/h13H,4-11H2,1-3H3. The van der Waals surface area contributed by atoms with Gasteiger partial charge in [-0.05, 0) is 25.3 Å². The Bertz CT molecular complexity index is 163. The molecule has 15 heavy (non-hydrogen) atoms. The second-order valence-electron chi connectivity index (χ2n) is 4.63. The Kier molecular flexibility index (Phi) is 5.58. The van der Waals surface area contributed by atoms with Crippen LogP contribution in [0.15, 0.2) is 0 Å². The zero-order valence-electron chi connectivity index (χ0n) is 10.5. The highest BCUT2D eigenvalue weighted by molar-refractivity contribution is 4.83. The number of hydrogen-bond acceptors (Lipinski definition) is 3. The lowest BCUT2D eigenvalue weighted by atomic mass is 9.81. The summed E-state index contributed by atoms with van der Waals surface area (Å²) in [6.45, 7) is 11.0. The molecule has 1 aliphatic heterocycles. The molecule has 0 aliphatic carbocycles. The van der Waals surface area contributed by atoms with Gasteiger partial charge in [-0.25, -0.2) is 0 Å². The van der Waals surface area contributed by atoms with E-state index in [1.54, 1.807) is 0 Å². The van der Waals surface area contributed by atoms with Crippen molar-refractivity contribution < 1.29 is 4.74 Å². The summed E-state index contributed by atoms with van der Waals surface area (Å²) in [7, 11) is 2.05. The third-order valence-electron chi connectivity index (χ3n) is 3.71. The van der Waals surface area contributed by atoms with Crippen LogP contribution in [-0.2, 0) is 4.74 Å². The second kappa shape index (κ2) is 6.46. The first kappa shape index (κ1) is 12.9. The first-order valence-electron chi connectivity index (χ1n) is 6.21. The number of ether oxygens (including phenoxy) is 1. The predicted octanol–water partition coefficient (Wildman–Crippen LogP) is 1.34. The van der Waals surface area contributed by atoms with E-state index in [1.807, 2.05) is 0 Å². The number of morpholine rings is 1. The van der Waals surface area contributed by atoms with E-state index in [0.717, 1.165) is 32.8 Å². The van der Waals surface area contributed by atoms with Crippen LogP contribution in [0.1, 0.15) is 26.7 Å². The Morgan fingerprint density at radius 1 is 1.20 bits per heavy atom. The zero-order chi connectivity index (χ0) is 11.1. The average Bonchev–Trinajstić information content (AvgIpc) is 2.30. The Labute approximate surface area is 94.2 Å². The number of rotatable bonds is 6. The van der Waals surface area contributed by atoms with Gasteiger partial charge in [0.2, 0.25) is 0 Å². The number of nitrogens with zero attached hydrogens (tertiary/aromatic N) is 1. The summed E-state index contributed by atoms with van der Waals surface area (Å²) in [6, 6.07) is 0. The van der Waals surface area contributed by atoms with Crippen molar-refractivity contribution in [3.8, 4) is 0 Å². The average molecular weight is 214 g/mol. The maximum Gasteiger partial charge on any atom is 0.0594 e. The third kappa shape index (κ3) is 3.74. The predicted molar refractivity (Wildman–Crippen MR) is 64.2 cm³/mol. The quantitative estimate of drug-likeness (QED) is 0.722. The molecule has 0 spiro atoms. The highest BCUT2D eigenvalue weighted by Crippen LogP contribution is 2.27. The summed E-state index contributed by atoms with van der Waals surface area (Å²) in [6.07, 6.45) is 2.50. The van der Waals surface area contributed by atoms with E-state index in [4.69, 9.17) is 4.74 Å². The molecule has 1 aliphatic rings. The number of hydrogen-bond donors (Lipinski definition) is 1. The monoisotopic (exact) mass is 214 g/mol. The lowest BCUT2D eigenvalue weighted by molar-refractivity contribution is 0.0140. The molecule has 0 aromatic heterocycles. The first-order chi connectivity index (χ1) is 7.26. The summed E-state index contributed by atoms with van der Waals surface area (Å²) in [4.78, 5) is 2.55. The minimum absolute atomic E-state index is 0.450. The van der Waals surface area contributed by atoms with Crippen LogP contribution in [0.5, 0.6) is 0 Å². The van der Waals surface area contributed by atoms with Crippen molar-refractivity contribution in [2.24, 2.45) is 5.41 Å². The fourth-order valence-electron chi connectivity index (χ4n) is 2.39. The lowest BCUT2D eigenvalue weighted by Crippen LogP contribution is -2.46. The van der Waals surface area contributed by atoms with E-state index in [1.165, 1.54) is 19.4 Å². The van der Waals surface area contributed by atoms with Gasteiger partial charge >= 0.3 is 0 Å². The summed E-state index contributed by atoms with van der Waals surface area (Å²) < 4.78 is 5.38. The van der Waals surface area contributed by atoms with Crippen molar-refractivity contribution in [3.63, 3.8) is 0 Å². The van der Waals surface area contributed by atoms with E-state index >= 15 is 0 Å². The molecule has 3 heteroatoms. The Hall–Kier alpha value is -0.120. The summed E-state index contributed by atoms with van der Waals surface area (Å²) >= 11 is 0. The lowest BCUT2D eigenvalue weighted by Gasteiger charge is -2.38. The van der Waals surface area contributed by atoms with E-state index in [0.29, 0.717) is 5.41 Å². The van der Waals surface area contributed by atoms with Gasteiger partial charge in [-0.15, -0.1) is 0 Å². The highest BCUT2D eigenvalue weighted by Gasteiger charge is 2.28. The minimum atomic E-state index is 0.450. The molecule has 0 saturated carbocycles. The van der Waals surface area contributed by atoms with Gasteiger partial charge in [-0.3, -0.25) is 4.90 Å². The largest absolute Gasteiger partial charge is 0.379 e. The molecule has 0 unspecified atom stereocenters. The molecule has 1 fully saturated rings. The van der Waals surface area contributed by atoms with Crippen molar-refractivity contribution in [2.45, 2.75) is 26.7 Å². The zero-order valence-corrected chi connectivity index (χ0v) is 10.5. The van der Waals surface area contributed by atoms with E-state index < -0.39 is 0 Å². The van der Waals surface area contributed by atoms with Crippen molar-refractivity contribution >= 4 is 0 Å². The van der Waals surface area contributed by atoms with Crippen LogP contribution in [0.2, 0.25) is 0 Å². The van der Waals surface area contributed by atoms with Crippen molar-refractivity contribution in [2.75, 3.05) is 46.4 Å². The van der Waals surface area contributed by atoms with E-state index in [2.05, 4.69) is 31.1 Å². The maximum absolute atomic E-state index is 5.38. The molecule has 0 bridgehead atoms. The summed E-state index contributed by atoms with van der Waals surface area (Å²) in [5.41, 5.74) is 0.450. The fourth-order valence-corrected chi connectivity index (χ4v) is 2.39. The van der Waals surface area contributed by atoms with Crippen LogP contribution in [0.4, 0.5) is 0 Å². The van der Waals surface area contributed by atoms with Gasteiger partial charge in [0.1, 0.15) is 0 Å². The van der Waals surface area contributed by atoms with Crippen molar-refractivity contribution in [3.05, 3.63) is 0 Å². The van der Waals surface area contributed by atoms with Gasteiger partial charge in [0.25, 0.3) is 0 Å². The van der Waals surface area contributed by atoms with Crippen molar-refractivity contribution in [1.29, 1.82) is 0 Å². The molecule has 3 nitrogen and oxygen atoms in total. The van der Waals surface area contributed by atoms with Crippen molar-refractivity contribution in [1.82, 2.24) is 10.2 Å². The molecule has 0 amide bonds. The van der Waals surface area contributed by atoms with Gasteiger partial charge in [0.15, 0.2) is 0 Å². The molecule has 0 aromatic carbocycles. The Morgan fingerprint density at radius 2 is 1.80 bits per heavy atom. The summed E-state index contributed by atoms with van der Waals surface area (Å²) in [5, 5.41) is 3.34. The maximum atomic E-state index is 5.38. The molecule has 0 radical (unpaired) electrons. The molecular formula is C12H26N2O. The molecule has 1 N–H and O–H groups in total. The smallest absolute Gasteiger partial charge is 0.0594 e. The molecule has 1 heterocycles. The molecular weight excluding hydrogens is 188 g/mol. The second-order valence-corrected chi connectivity index (χ2v) is 4.63. The fraction of sp³-hybridized carbons (Fsp3) is 1.00. The minimum Gasteiger partial charge on any atom is -0.379 e. The topological polar surface area (TPSA) is 24.5 Å². The number of nitrogens with one attached hydrogen (secondary N) is 1. The molecule has 1 rings (SSSR count). The Morgan fingerprint density at radius 3 is 2.27 bits per heavy atom. The van der Waals surface area contributed by atoms with Gasteiger partial charge < -0.3 is 10.1 Å². The van der Waals surface area contributed by atoms with Crippen LogP contribution in [0.3, 0.4) is 0 Å². The van der Waals surface area contributed by atoms with Crippen LogP contribution < -0.4 is 5.32 Å². The van der Waals surface area contributed by atoms with E-state index in [-0.39, 0.29) is 0 Å². The molecule has 0 atom stereocenters. The third-order valence-corrected chi connectivity index (χ3v) is 3.71. The first-order valence-corrected chi connectivity index (χ1v) is 6.21. The normalized spacial score (nSPS) is 19.4.